The number of amides is 1. The van der Waals surface area contributed by atoms with Gasteiger partial charge >= 0.3 is 0 Å². The Balaban J connectivity index is 2.24. The van der Waals surface area contributed by atoms with Crippen LogP contribution in [0, 0.1) is 6.92 Å². The maximum Gasteiger partial charge on any atom is 0.250 e. The molecule has 0 aliphatic carbocycles. The first-order valence-electron chi connectivity index (χ1n) is 5.87. The number of nitrogens with zero attached hydrogens (tertiary/aromatic N) is 2. The van der Waals surface area contributed by atoms with Gasteiger partial charge in [0, 0.05) is 11.9 Å². The molecule has 2 aromatic rings. The largest absolute Gasteiger partial charge is 0.399 e. The van der Waals surface area contributed by atoms with Crippen molar-refractivity contribution in [3.05, 3.63) is 46.5 Å². The predicted molar refractivity (Wildman–Crippen MR) is 78.5 cm³/mol. The van der Waals surface area contributed by atoms with Crippen molar-refractivity contribution in [3.8, 4) is 0 Å². The van der Waals surface area contributed by atoms with Crippen molar-refractivity contribution in [2.24, 2.45) is 5.73 Å². The molecule has 0 spiro atoms. The van der Waals surface area contributed by atoms with Gasteiger partial charge < -0.3 is 16.8 Å². The van der Waals surface area contributed by atoms with Crippen molar-refractivity contribution < 1.29 is 4.79 Å². The van der Waals surface area contributed by atoms with Gasteiger partial charge in [-0.25, -0.2) is 0 Å². The van der Waals surface area contributed by atoms with Gasteiger partial charge in [-0.2, -0.15) is 0 Å². The number of rotatable bonds is 4. The van der Waals surface area contributed by atoms with E-state index in [0.717, 1.165) is 11.4 Å². The van der Waals surface area contributed by atoms with Gasteiger partial charge in [-0.3, -0.25) is 14.8 Å². The Morgan fingerprint density at radius 3 is 2.70 bits per heavy atom. The normalized spacial score (nSPS) is 10.3. The molecule has 1 aromatic carbocycles. The number of hydrogen-bond donors (Lipinski definition) is 3. The third-order valence-corrected chi connectivity index (χ3v) is 2.96. The van der Waals surface area contributed by atoms with E-state index in [0.29, 0.717) is 22.9 Å². The van der Waals surface area contributed by atoms with Crippen LogP contribution in [0.25, 0.3) is 0 Å². The van der Waals surface area contributed by atoms with E-state index in [-0.39, 0.29) is 5.56 Å². The number of primary amides is 1. The summed E-state index contributed by atoms with van der Waals surface area (Å²) in [5, 5.41) is 3.37. The predicted octanol–water partition coefficient (Wildman–Crippen LogP) is 1.73. The van der Waals surface area contributed by atoms with E-state index >= 15 is 0 Å². The average Bonchev–Trinajstić information content (AvgIpc) is 2.38. The summed E-state index contributed by atoms with van der Waals surface area (Å²) >= 11 is 6.08. The van der Waals surface area contributed by atoms with Crippen molar-refractivity contribution in [1.82, 2.24) is 9.97 Å². The molecule has 1 aromatic heterocycles. The highest BCUT2D eigenvalue weighted by molar-refractivity contribution is 6.34. The molecule has 0 aliphatic rings. The Kier molecular flexibility index (Phi) is 4.05. The van der Waals surface area contributed by atoms with Gasteiger partial charge in [-0.05, 0) is 19.1 Å². The Hall–Kier alpha value is -2.34. The van der Waals surface area contributed by atoms with Gasteiger partial charge in [-0.15, -0.1) is 0 Å². The standard InChI is InChI=1S/C13H14ClN5O/c1-7-4-18-9(5-17-7)6-19-12-10(13(16)20)2-8(15)3-11(12)14/h2-5,19H,6,15H2,1H3,(H2,16,20). The monoisotopic (exact) mass is 291 g/mol. The number of halogens is 1. The number of hydrogen-bond acceptors (Lipinski definition) is 5. The van der Waals surface area contributed by atoms with E-state index in [4.69, 9.17) is 23.1 Å². The van der Waals surface area contributed by atoms with Crippen LogP contribution in [0.4, 0.5) is 11.4 Å². The third-order valence-electron chi connectivity index (χ3n) is 2.66. The summed E-state index contributed by atoms with van der Waals surface area (Å²) in [6.07, 6.45) is 3.31. The average molecular weight is 292 g/mol. The highest BCUT2D eigenvalue weighted by Gasteiger charge is 2.13. The van der Waals surface area contributed by atoms with Gasteiger partial charge in [0.25, 0.3) is 5.91 Å². The van der Waals surface area contributed by atoms with Crippen LogP contribution in [0.3, 0.4) is 0 Å². The molecular weight excluding hydrogens is 278 g/mol. The van der Waals surface area contributed by atoms with Gasteiger partial charge in [0.2, 0.25) is 0 Å². The van der Waals surface area contributed by atoms with Crippen molar-refractivity contribution in [3.63, 3.8) is 0 Å². The first-order valence-corrected chi connectivity index (χ1v) is 6.25. The fourth-order valence-corrected chi connectivity index (χ4v) is 1.99. The molecule has 1 heterocycles. The summed E-state index contributed by atoms with van der Waals surface area (Å²) in [6.45, 7) is 2.23. The molecule has 0 fully saturated rings. The third kappa shape index (κ3) is 3.16. The second-order valence-corrected chi connectivity index (χ2v) is 4.70. The molecular formula is C13H14ClN5O. The number of benzene rings is 1. The number of anilines is 2. The van der Waals surface area contributed by atoms with Crippen molar-refractivity contribution >= 4 is 28.9 Å². The van der Waals surface area contributed by atoms with Crippen molar-refractivity contribution in [2.45, 2.75) is 13.5 Å². The molecule has 0 bridgehead atoms. The lowest BCUT2D eigenvalue weighted by molar-refractivity contribution is 0.100. The molecule has 7 heteroatoms. The van der Waals surface area contributed by atoms with E-state index in [1.54, 1.807) is 18.5 Å². The molecule has 0 aliphatic heterocycles. The van der Waals surface area contributed by atoms with Crippen LogP contribution in [-0.2, 0) is 6.54 Å². The lowest BCUT2D eigenvalue weighted by atomic mass is 10.1. The van der Waals surface area contributed by atoms with Gasteiger partial charge in [0.05, 0.1) is 40.4 Å². The Bertz CT molecular complexity index is 642. The van der Waals surface area contributed by atoms with E-state index in [1.165, 1.54) is 6.07 Å². The minimum Gasteiger partial charge on any atom is -0.399 e. The van der Waals surface area contributed by atoms with Crippen molar-refractivity contribution in [1.29, 1.82) is 0 Å². The highest BCUT2D eigenvalue weighted by Crippen LogP contribution is 2.29. The summed E-state index contributed by atoms with van der Waals surface area (Å²) in [5.74, 6) is -0.600. The summed E-state index contributed by atoms with van der Waals surface area (Å²) in [7, 11) is 0. The van der Waals surface area contributed by atoms with Crippen LogP contribution in [0.15, 0.2) is 24.5 Å². The van der Waals surface area contributed by atoms with Gasteiger partial charge in [-0.1, -0.05) is 11.6 Å². The zero-order valence-electron chi connectivity index (χ0n) is 10.9. The molecule has 0 radical (unpaired) electrons. The molecule has 104 valence electrons. The van der Waals surface area contributed by atoms with Crippen LogP contribution < -0.4 is 16.8 Å². The lowest BCUT2D eigenvalue weighted by Crippen LogP contribution is -2.15. The van der Waals surface area contributed by atoms with Crippen molar-refractivity contribution in [2.75, 3.05) is 11.1 Å². The highest BCUT2D eigenvalue weighted by atomic mass is 35.5. The summed E-state index contributed by atoms with van der Waals surface area (Å²) in [6, 6.07) is 3.04. The molecule has 2 rings (SSSR count). The number of aromatic nitrogens is 2. The Labute approximate surface area is 121 Å². The van der Waals surface area contributed by atoms with Crippen LogP contribution in [0.5, 0.6) is 0 Å². The molecule has 0 unspecified atom stereocenters. The van der Waals surface area contributed by atoms with E-state index in [1.807, 2.05) is 6.92 Å². The van der Waals surface area contributed by atoms with Crippen LogP contribution in [-0.4, -0.2) is 15.9 Å². The second kappa shape index (κ2) is 5.75. The molecule has 20 heavy (non-hydrogen) atoms. The topological polar surface area (TPSA) is 107 Å². The number of nitrogens with one attached hydrogen (secondary N) is 1. The smallest absolute Gasteiger partial charge is 0.250 e. The fourth-order valence-electron chi connectivity index (χ4n) is 1.69. The minimum absolute atomic E-state index is 0.245. The fraction of sp³-hybridized carbons (Fsp3) is 0.154. The van der Waals surface area contributed by atoms with E-state index in [9.17, 15) is 4.79 Å². The zero-order valence-corrected chi connectivity index (χ0v) is 11.6. The molecule has 0 saturated heterocycles. The van der Waals surface area contributed by atoms with E-state index in [2.05, 4.69) is 15.3 Å². The zero-order chi connectivity index (χ0) is 14.7. The van der Waals surface area contributed by atoms with Crippen LogP contribution in [0.1, 0.15) is 21.7 Å². The molecule has 6 nitrogen and oxygen atoms in total. The molecule has 1 amide bonds. The van der Waals surface area contributed by atoms with Gasteiger partial charge in [0.15, 0.2) is 0 Å². The molecule has 0 atom stereocenters. The molecule has 0 saturated carbocycles. The maximum absolute atomic E-state index is 11.4. The first kappa shape index (κ1) is 14.1. The summed E-state index contributed by atoms with van der Waals surface area (Å²) < 4.78 is 0. The van der Waals surface area contributed by atoms with Crippen LogP contribution in [0.2, 0.25) is 5.02 Å². The van der Waals surface area contributed by atoms with E-state index < -0.39 is 5.91 Å². The second-order valence-electron chi connectivity index (χ2n) is 4.29. The number of carbonyl (C=O) groups excluding carboxylic acids is 1. The number of carbonyl (C=O) groups is 1. The number of nitrogen functional groups attached to an aromatic ring is 1. The quantitative estimate of drug-likeness (QED) is 0.744. The maximum atomic E-state index is 11.4. The van der Waals surface area contributed by atoms with Gasteiger partial charge in [0.1, 0.15) is 0 Å². The minimum atomic E-state index is -0.600. The number of nitrogens with two attached hydrogens (primary N) is 2. The summed E-state index contributed by atoms with van der Waals surface area (Å²) in [5.41, 5.74) is 13.6. The Morgan fingerprint density at radius 1 is 1.35 bits per heavy atom. The SMILES string of the molecule is Cc1cnc(CNc2c(Cl)cc(N)cc2C(N)=O)cn1. The lowest BCUT2D eigenvalue weighted by Gasteiger charge is -2.12. The number of aryl methyl sites for hydroxylation is 1. The first-order chi connectivity index (χ1) is 9.47. The summed E-state index contributed by atoms with van der Waals surface area (Å²) in [4.78, 5) is 19.8. The molecule has 5 N–H and O–H groups in total. The Morgan fingerprint density at radius 2 is 2.10 bits per heavy atom. The van der Waals surface area contributed by atoms with Crippen LogP contribution >= 0.6 is 11.6 Å².